The summed E-state index contributed by atoms with van der Waals surface area (Å²) in [4.78, 5) is 16.3. The number of carbonyl (C=O) groups is 1. The number of hydrogen-bond donors (Lipinski definition) is 1. The van der Waals surface area contributed by atoms with Crippen molar-refractivity contribution in [1.29, 1.82) is 0 Å². The van der Waals surface area contributed by atoms with E-state index in [2.05, 4.69) is 4.90 Å². The molecule has 0 aromatic heterocycles. The average molecular weight is 339 g/mol. The minimum Gasteiger partial charge on any atom is -0.385 e. The minimum atomic E-state index is -0.816. The van der Waals surface area contributed by atoms with E-state index in [0.29, 0.717) is 50.7 Å². The molecular formula is C17H23ClN2O3. The molecule has 0 saturated carbocycles. The Morgan fingerprint density at radius 3 is 2.35 bits per heavy atom. The number of ether oxygens (including phenoxy) is 1. The fourth-order valence-electron chi connectivity index (χ4n) is 3.23. The van der Waals surface area contributed by atoms with E-state index >= 15 is 0 Å². The van der Waals surface area contributed by atoms with E-state index in [0.717, 1.165) is 18.7 Å². The second kappa shape index (κ2) is 7.18. The van der Waals surface area contributed by atoms with Gasteiger partial charge in [0, 0.05) is 31.2 Å². The number of likely N-dealkylation sites (tertiary alicyclic amines) is 1. The van der Waals surface area contributed by atoms with Crippen molar-refractivity contribution in [3.8, 4) is 0 Å². The Labute approximate surface area is 141 Å². The summed E-state index contributed by atoms with van der Waals surface area (Å²) in [5, 5.41) is 11.5. The van der Waals surface area contributed by atoms with Gasteiger partial charge < -0.3 is 14.7 Å². The van der Waals surface area contributed by atoms with E-state index < -0.39 is 5.60 Å². The topological polar surface area (TPSA) is 53.0 Å². The molecule has 2 heterocycles. The van der Waals surface area contributed by atoms with Gasteiger partial charge >= 0.3 is 0 Å². The Morgan fingerprint density at radius 1 is 1.13 bits per heavy atom. The van der Waals surface area contributed by atoms with Crippen molar-refractivity contribution in [2.24, 2.45) is 0 Å². The molecule has 1 aromatic carbocycles. The zero-order valence-corrected chi connectivity index (χ0v) is 14.0. The number of halogens is 1. The van der Waals surface area contributed by atoms with Crippen molar-refractivity contribution in [2.75, 3.05) is 45.9 Å². The maximum Gasteiger partial charge on any atom is 0.236 e. The maximum atomic E-state index is 12.3. The third-order valence-electron chi connectivity index (χ3n) is 4.79. The number of nitrogens with zero attached hydrogens (tertiary/aromatic N) is 2. The molecule has 0 aliphatic carbocycles. The van der Waals surface area contributed by atoms with Crippen LogP contribution >= 0.6 is 11.6 Å². The van der Waals surface area contributed by atoms with Crippen LogP contribution < -0.4 is 0 Å². The Balaban J connectivity index is 1.53. The van der Waals surface area contributed by atoms with E-state index in [1.165, 1.54) is 0 Å². The van der Waals surface area contributed by atoms with Gasteiger partial charge in [-0.2, -0.15) is 0 Å². The molecule has 126 valence electrons. The van der Waals surface area contributed by atoms with Gasteiger partial charge in [0.25, 0.3) is 0 Å². The van der Waals surface area contributed by atoms with Crippen molar-refractivity contribution < 1.29 is 14.6 Å². The van der Waals surface area contributed by atoms with Gasteiger partial charge in [0.2, 0.25) is 5.91 Å². The van der Waals surface area contributed by atoms with Crippen LogP contribution in [0.15, 0.2) is 24.3 Å². The lowest BCUT2D eigenvalue weighted by molar-refractivity contribution is -0.137. The lowest BCUT2D eigenvalue weighted by Crippen LogP contribution is -2.49. The Kier molecular flexibility index (Phi) is 5.21. The monoisotopic (exact) mass is 338 g/mol. The molecule has 3 rings (SSSR count). The predicted octanol–water partition coefficient (Wildman–Crippen LogP) is 1.48. The van der Waals surface area contributed by atoms with Gasteiger partial charge in [-0.1, -0.05) is 23.7 Å². The SMILES string of the molecule is O=C(CN1CCC(O)(c2ccc(Cl)cc2)CC1)N1CCOCC1. The molecule has 0 unspecified atom stereocenters. The third-order valence-corrected chi connectivity index (χ3v) is 5.04. The highest BCUT2D eigenvalue weighted by Gasteiger charge is 2.34. The van der Waals surface area contributed by atoms with Crippen LogP contribution in [-0.4, -0.2) is 66.8 Å². The molecule has 2 aliphatic rings. The van der Waals surface area contributed by atoms with Crippen molar-refractivity contribution in [2.45, 2.75) is 18.4 Å². The van der Waals surface area contributed by atoms with Gasteiger partial charge in [-0.15, -0.1) is 0 Å². The summed E-state index contributed by atoms with van der Waals surface area (Å²) in [5.41, 5.74) is 0.0874. The van der Waals surface area contributed by atoms with Crippen molar-refractivity contribution in [3.63, 3.8) is 0 Å². The Hall–Kier alpha value is -1.14. The van der Waals surface area contributed by atoms with E-state index in [1.54, 1.807) is 0 Å². The van der Waals surface area contributed by atoms with Gasteiger partial charge in [0.05, 0.1) is 25.4 Å². The first-order valence-corrected chi connectivity index (χ1v) is 8.51. The van der Waals surface area contributed by atoms with Gasteiger partial charge in [-0.3, -0.25) is 9.69 Å². The first-order chi connectivity index (χ1) is 11.1. The summed E-state index contributed by atoms with van der Waals surface area (Å²) in [6.07, 6.45) is 1.26. The number of rotatable bonds is 3. The first-order valence-electron chi connectivity index (χ1n) is 8.13. The summed E-state index contributed by atoms with van der Waals surface area (Å²) in [7, 11) is 0. The highest BCUT2D eigenvalue weighted by molar-refractivity contribution is 6.30. The van der Waals surface area contributed by atoms with E-state index in [-0.39, 0.29) is 5.91 Å². The summed E-state index contributed by atoms with van der Waals surface area (Å²) < 4.78 is 5.27. The molecule has 2 fully saturated rings. The van der Waals surface area contributed by atoms with E-state index in [9.17, 15) is 9.90 Å². The maximum absolute atomic E-state index is 12.3. The van der Waals surface area contributed by atoms with E-state index in [1.807, 2.05) is 29.2 Å². The molecule has 0 bridgehead atoms. The number of morpholine rings is 1. The van der Waals surface area contributed by atoms with Gasteiger partial charge in [-0.05, 0) is 30.5 Å². The number of amides is 1. The largest absolute Gasteiger partial charge is 0.385 e. The summed E-state index contributed by atoms with van der Waals surface area (Å²) in [5.74, 6) is 0.158. The molecule has 2 saturated heterocycles. The molecule has 1 N–H and O–H groups in total. The van der Waals surface area contributed by atoms with Crippen LogP contribution in [0, 0.1) is 0 Å². The zero-order chi connectivity index (χ0) is 16.3. The second-order valence-electron chi connectivity index (χ2n) is 6.31. The third kappa shape index (κ3) is 4.04. The molecule has 0 atom stereocenters. The normalized spacial score (nSPS) is 22.1. The fourth-order valence-corrected chi connectivity index (χ4v) is 3.36. The fraction of sp³-hybridized carbons (Fsp3) is 0.588. The molecule has 1 aromatic rings. The van der Waals surface area contributed by atoms with Crippen LogP contribution in [0.5, 0.6) is 0 Å². The molecule has 0 radical (unpaired) electrons. The van der Waals surface area contributed by atoms with Crippen molar-refractivity contribution in [1.82, 2.24) is 9.80 Å². The van der Waals surface area contributed by atoms with Crippen LogP contribution in [0.25, 0.3) is 0 Å². The predicted molar refractivity (Wildman–Crippen MR) is 88.4 cm³/mol. The van der Waals surface area contributed by atoms with Gasteiger partial charge in [-0.25, -0.2) is 0 Å². The highest BCUT2D eigenvalue weighted by Crippen LogP contribution is 2.33. The van der Waals surface area contributed by atoms with Crippen LogP contribution in [0.2, 0.25) is 5.02 Å². The van der Waals surface area contributed by atoms with Crippen LogP contribution in [0.3, 0.4) is 0 Å². The molecule has 5 nitrogen and oxygen atoms in total. The minimum absolute atomic E-state index is 0.158. The quantitative estimate of drug-likeness (QED) is 0.907. The first kappa shape index (κ1) is 16.7. The smallest absolute Gasteiger partial charge is 0.236 e. The number of piperidine rings is 1. The van der Waals surface area contributed by atoms with Crippen LogP contribution in [0.1, 0.15) is 18.4 Å². The van der Waals surface area contributed by atoms with Gasteiger partial charge in [0.15, 0.2) is 0 Å². The zero-order valence-electron chi connectivity index (χ0n) is 13.2. The average Bonchev–Trinajstić information content (AvgIpc) is 2.58. The Bertz CT molecular complexity index is 535. The highest BCUT2D eigenvalue weighted by atomic mass is 35.5. The standard InChI is InChI=1S/C17H23ClN2O3/c18-15-3-1-14(2-4-15)17(22)5-7-19(8-6-17)13-16(21)20-9-11-23-12-10-20/h1-4,22H,5-13H2. The lowest BCUT2D eigenvalue weighted by atomic mass is 9.84. The summed E-state index contributed by atoms with van der Waals surface area (Å²) in [6, 6.07) is 7.39. The second-order valence-corrected chi connectivity index (χ2v) is 6.74. The number of benzene rings is 1. The summed E-state index contributed by atoms with van der Waals surface area (Å²) in [6.45, 7) is 4.48. The van der Waals surface area contributed by atoms with E-state index in [4.69, 9.17) is 16.3 Å². The molecular weight excluding hydrogens is 316 g/mol. The molecule has 1 amide bonds. The molecule has 0 spiro atoms. The summed E-state index contributed by atoms with van der Waals surface area (Å²) >= 11 is 5.91. The van der Waals surface area contributed by atoms with Gasteiger partial charge in [0.1, 0.15) is 0 Å². The van der Waals surface area contributed by atoms with Crippen LogP contribution in [0.4, 0.5) is 0 Å². The number of carbonyl (C=O) groups excluding carboxylic acids is 1. The number of hydrogen-bond acceptors (Lipinski definition) is 4. The molecule has 23 heavy (non-hydrogen) atoms. The van der Waals surface area contributed by atoms with Crippen LogP contribution in [-0.2, 0) is 15.1 Å². The van der Waals surface area contributed by atoms with Crippen molar-refractivity contribution >= 4 is 17.5 Å². The molecule has 6 heteroatoms. The Morgan fingerprint density at radius 2 is 1.74 bits per heavy atom. The number of aliphatic hydroxyl groups is 1. The molecule has 2 aliphatic heterocycles. The lowest BCUT2D eigenvalue weighted by Gasteiger charge is -2.39. The van der Waals surface area contributed by atoms with Crippen molar-refractivity contribution in [3.05, 3.63) is 34.9 Å².